The molecule has 0 aromatic rings. The summed E-state index contributed by atoms with van der Waals surface area (Å²) >= 11 is 0. The van der Waals surface area contributed by atoms with Gasteiger partial charge in [-0.3, -0.25) is 5.41 Å². The van der Waals surface area contributed by atoms with E-state index in [1.807, 2.05) is 0 Å². The van der Waals surface area contributed by atoms with E-state index in [9.17, 15) is 13.2 Å². The zero-order valence-electron chi connectivity index (χ0n) is 5.86. The third kappa shape index (κ3) is 7.11. The molecule has 0 fully saturated rings. The SMILES string of the molecule is COC(=N)COCC(F)(F)F. The van der Waals surface area contributed by atoms with Crippen molar-refractivity contribution in [3.63, 3.8) is 0 Å². The number of methoxy groups -OCH3 is 1. The molecule has 0 radical (unpaired) electrons. The lowest BCUT2D eigenvalue weighted by molar-refractivity contribution is -0.170. The first kappa shape index (κ1) is 10.2. The van der Waals surface area contributed by atoms with Crippen molar-refractivity contribution in [2.45, 2.75) is 6.18 Å². The van der Waals surface area contributed by atoms with E-state index in [0.717, 1.165) is 0 Å². The van der Waals surface area contributed by atoms with Crippen molar-refractivity contribution in [2.75, 3.05) is 20.3 Å². The van der Waals surface area contributed by atoms with Crippen LogP contribution in [0, 0.1) is 5.41 Å². The van der Waals surface area contributed by atoms with Gasteiger partial charge in [0, 0.05) is 0 Å². The molecule has 0 amide bonds. The summed E-state index contributed by atoms with van der Waals surface area (Å²) in [4.78, 5) is 0. The van der Waals surface area contributed by atoms with E-state index in [4.69, 9.17) is 5.41 Å². The first-order valence-electron chi connectivity index (χ1n) is 2.71. The standard InChI is InChI=1S/C5H8F3NO2/c1-10-4(9)2-11-3-5(6,7)8/h9H,2-3H2,1H3. The first-order chi connectivity index (χ1) is 4.95. The smallest absolute Gasteiger partial charge is 0.411 e. The summed E-state index contributed by atoms with van der Waals surface area (Å²) in [5.41, 5.74) is 0. The molecular formula is C5H8F3NO2. The summed E-state index contributed by atoms with van der Waals surface area (Å²) in [6.07, 6.45) is -4.34. The maximum absolute atomic E-state index is 11.4. The molecule has 0 heterocycles. The van der Waals surface area contributed by atoms with Crippen molar-refractivity contribution in [3.8, 4) is 0 Å². The van der Waals surface area contributed by atoms with Gasteiger partial charge in [0.05, 0.1) is 7.11 Å². The van der Waals surface area contributed by atoms with Crippen molar-refractivity contribution < 1.29 is 22.6 Å². The maximum Gasteiger partial charge on any atom is 0.411 e. The van der Waals surface area contributed by atoms with Gasteiger partial charge in [0.1, 0.15) is 13.2 Å². The predicted octanol–water partition coefficient (Wildman–Crippen LogP) is 1.19. The van der Waals surface area contributed by atoms with Gasteiger partial charge in [-0.1, -0.05) is 0 Å². The number of nitrogens with one attached hydrogen (secondary N) is 1. The van der Waals surface area contributed by atoms with Crippen LogP contribution in [-0.4, -0.2) is 32.4 Å². The van der Waals surface area contributed by atoms with Crippen LogP contribution >= 0.6 is 0 Å². The summed E-state index contributed by atoms with van der Waals surface area (Å²) in [7, 11) is 1.19. The van der Waals surface area contributed by atoms with Crippen LogP contribution in [0.1, 0.15) is 0 Å². The molecule has 1 N–H and O–H groups in total. The van der Waals surface area contributed by atoms with E-state index >= 15 is 0 Å². The molecule has 0 aromatic carbocycles. The highest BCUT2D eigenvalue weighted by atomic mass is 19.4. The molecule has 0 rings (SSSR count). The average Bonchev–Trinajstić information content (AvgIpc) is 1.85. The highest BCUT2D eigenvalue weighted by Crippen LogP contribution is 2.14. The van der Waals surface area contributed by atoms with Crippen LogP contribution in [0.2, 0.25) is 0 Å². The largest absolute Gasteiger partial charge is 0.483 e. The fraction of sp³-hybridized carbons (Fsp3) is 0.800. The Morgan fingerprint density at radius 1 is 1.45 bits per heavy atom. The van der Waals surface area contributed by atoms with Gasteiger partial charge in [0.2, 0.25) is 5.90 Å². The third-order valence-electron chi connectivity index (χ3n) is 0.745. The van der Waals surface area contributed by atoms with Crippen LogP contribution < -0.4 is 0 Å². The molecule has 0 spiro atoms. The molecule has 0 saturated heterocycles. The van der Waals surface area contributed by atoms with Gasteiger partial charge in [-0.2, -0.15) is 13.2 Å². The third-order valence-corrected chi connectivity index (χ3v) is 0.745. The van der Waals surface area contributed by atoms with Crippen molar-refractivity contribution in [3.05, 3.63) is 0 Å². The van der Waals surface area contributed by atoms with E-state index in [2.05, 4.69) is 9.47 Å². The van der Waals surface area contributed by atoms with E-state index in [-0.39, 0.29) is 5.90 Å². The second-order valence-corrected chi connectivity index (χ2v) is 1.74. The number of ether oxygens (including phenoxy) is 2. The summed E-state index contributed by atoms with van der Waals surface area (Å²) in [6.45, 7) is -1.80. The van der Waals surface area contributed by atoms with Crippen LogP contribution in [0.4, 0.5) is 13.2 Å². The van der Waals surface area contributed by atoms with Crippen molar-refractivity contribution in [1.29, 1.82) is 5.41 Å². The molecule has 0 bridgehead atoms. The van der Waals surface area contributed by atoms with Gasteiger partial charge >= 0.3 is 6.18 Å². The van der Waals surface area contributed by atoms with Gasteiger partial charge in [-0.15, -0.1) is 0 Å². The minimum absolute atomic E-state index is 0.325. The zero-order valence-corrected chi connectivity index (χ0v) is 5.86. The Balaban J connectivity index is 3.35. The Morgan fingerprint density at radius 3 is 2.36 bits per heavy atom. The van der Waals surface area contributed by atoms with E-state index in [1.54, 1.807) is 0 Å². The maximum atomic E-state index is 11.4. The van der Waals surface area contributed by atoms with Crippen LogP contribution in [0.3, 0.4) is 0 Å². The lowest BCUT2D eigenvalue weighted by atomic mass is 10.6. The quantitative estimate of drug-likeness (QED) is 0.512. The Kier molecular flexibility index (Phi) is 3.88. The minimum Gasteiger partial charge on any atom is -0.483 e. The molecular weight excluding hydrogens is 163 g/mol. The van der Waals surface area contributed by atoms with Crippen LogP contribution in [0.5, 0.6) is 0 Å². The molecule has 0 aliphatic rings. The van der Waals surface area contributed by atoms with E-state index < -0.39 is 19.4 Å². The molecule has 0 aromatic heterocycles. The Labute approximate surface area is 61.6 Å². The van der Waals surface area contributed by atoms with Crippen molar-refractivity contribution in [2.24, 2.45) is 0 Å². The lowest BCUT2D eigenvalue weighted by Crippen LogP contribution is -2.20. The molecule has 0 atom stereocenters. The second kappa shape index (κ2) is 4.17. The first-order valence-corrected chi connectivity index (χ1v) is 2.71. The van der Waals surface area contributed by atoms with E-state index in [0.29, 0.717) is 0 Å². The topological polar surface area (TPSA) is 42.3 Å². The Hall–Kier alpha value is -0.780. The van der Waals surface area contributed by atoms with Gasteiger partial charge < -0.3 is 9.47 Å². The van der Waals surface area contributed by atoms with Gasteiger partial charge in [0.15, 0.2) is 0 Å². The van der Waals surface area contributed by atoms with Crippen LogP contribution in [-0.2, 0) is 9.47 Å². The number of rotatable bonds is 3. The number of hydrogen-bond acceptors (Lipinski definition) is 3. The van der Waals surface area contributed by atoms with Gasteiger partial charge in [-0.05, 0) is 0 Å². The summed E-state index contributed by atoms with van der Waals surface area (Å²) in [6, 6.07) is 0. The molecule has 0 aliphatic carbocycles. The van der Waals surface area contributed by atoms with Crippen LogP contribution in [0.25, 0.3) is 0 Å². The molecule has 0 unspecified atom stereocenters. The lowest BCUT2D eigenvalue weighted by Gasteiger charge is -2.06. The highest BCUT2D eigenvalue weighted by molar-refractivity contribution is 5.73. The Morgan fingerprint density at radius 2 is 2.00 bits per heavy atom. The monoisotopic (exact) mass is 171 g/mol. The average molecular weight is 171 g/mol. The normalized spacial score (nSPS) is 11.3. The molecule has 66 valence electrons. The van der Waals surface area contributed by atoms with E-state index in [1.165, 1.54) is 7.11 Å². The van der Waals surface area contributed by atoms with Gasteiger partial charge in [0.25, 0.3) is 0 Å². The zero-order chi connectivity index (χ0) is 8.91. The Bertz CT molecular complexity index is 134. The molecule has 0 saturated carbocycles. The fourth-order valence-corrected chi connectivity index (χ4v) is 0.318. The predicted molar refractivity (Wildman–Crippen MR) is 31.6 cm³/mol. The summed E-state index contributed by atoms with van der Waals surface area (Å²) < 4.78 is 42.5. The molecule has 3 nitrogen and oxygen atoms in total. The molecule has 0 aliphatic heterocycles. The summed E-state index contributed by atoms with van der Waals surface area (Å²) in [5, 5.41) is 6.73. The van der Waals surface area contributed by atoms with Crippen LogP contribution in [0.15, 0.2) is 0 Å². The number of hydrogen-bond donors (Lipinski definition) is 1. The number of alkyl halides is 3. The van der Waals surface area contributed by atoms with Crippen molar-refractivity contribution >= 4 is 5.90 Å². The molecule has 11 heavy (non-hydrogen) atoms. The van der Waals surface area contributed by atoms with Gasteiger partial charge in [-0.25, -0.2) is 0 Å². The summed E-state index contributed by atoms with van der Waals surface area (Å²) in [5.74, 6) is -0.325. The second-order valence-electron chi connectivity index (χ2n) is 1.74. The number of halogens is 3. The van der Waals surface area contributed by atoms with Crippen molar-refractivity contribution in [1.82, 2.24) is 0 Å². The highest BCUT2D eigenvalue weighted by Gasteiger charge is 2.27. The minimum atomic E-state index is -4.34. The fourth-order valence-electron chi connectivity index (χ4n) is 0.318. The molecule has 6 heteroatoms.